The smallest absolute Gasteiger partial charge is 0.342 e. The van der Waals surface area contributed by atoms with E-state index in [9.17, 15) is 4.79 Å². The van der Waals surface area contributed by atoms with Gasteiger partial charge in [-0.1, -0.05) is 20.3 Å². The van der Waals surface area contributed by atoms with E-state index in [1.807, 2.05) is 6.92 Å². The Hall–Kier alpha value is -0.610. The van der Waals surface area contributed by atoms with Crippen molar-refractivity contribution in [2.45, 2.75) is 52.7 Å². The number of carbonyl (C=O) groups is 1. The molecule has 0 rings (SSSR count). The van der Waals surface area contributed by atoms with Gasteiger partial charge >= 0.3 is 5.97 Å². The fourth-order valence-electron chi connectivity index (χ4n) is 0.789. The Kier molecular flexibility index (Phi) is 8.57. The molecule has 0 aliphatic carbocycles. The van der Waals surface area contributed by atoms with E-state index in [4.69, 9.17) is 9.62 Å². The molecule has 1 atom stereocenters. The Morgan fingerprint density at radius 2 is 2.00 bits per heavy atom. The van der Waals surface area contributed by atoms with Crippen LogP contribution in [0, 0.1) is 0 Å². The van der Waals surface area contributed by atoms with Gasteiger partial charge in [0.2, 0.25) is 0 Å². The van der Waals surface area contributed by atoms with E-state index in [1.54, 1.807) is 6.92 Å². The van der Waals surface area contributed by atoms with Gasteiger partial charge in [-0.2, -0.15) is 4.89 Å². The Labute approximate surface area is 85.5 Å². The molecule has 1 unspecified atom stereocenters. The van der Waals surface area contributed by atoms with Gasteiger partial charge in [-0.25, -0.2) is 4.79 Å². The summed E-state index contributed by atoms with van der Waals surface area (Å²) in [5, 5.41) is 0. The lowest BCUT2D eigenvalue weighted by Crippen LogP contribution is -2.16. The van der Waals surface area contributed by atoms with E-state index >= 15 is 0 Å². The van der Waals surface area contributed by atoms with Gasteiger partial charge in [0.15, 0.2) is 6.29 Å². The second-order valence-corrected chi connectivity index (χ2v) is 3.09. The average molecular weight is 204 g/mol. The maximum Gasteiger partial charge on any atom is 0.342 e. The summed E-state index contributed by atoms with van der Waals surface area (Å²) in [6.45, 7) is 6.32. The van der Waals surface area contributed by atoms with Crippen LogP contribution in [0.4, 0.5) is 0 Å². The third kappa shape index (κ3) is 8.01. The number of hydrogen-bond donors (Lipinski definition) is 0. The first kappa shape index (κ1) is 13.4. The molecule has 0 fully saturated rings. The van der Waals surface area contributed by atoms with Crippen molar-refractivity contribution in [1.82, 2.24) is 0 Å². The largest absolute Gasteiger partial charge is 0.349 e. The monoisotopic (exact) mass is 204 g/mol. The average Bonchev–Trinajstić information content (AvgIpc) is 2.16. The van der Waals surface area contributed by atoms with Crippen molar-refractivity contribution >= 4 is 5.97 Å². The molecule has 0 saturated carbocycles. The molecule has 0 heterocycles. The molecule has 14 heavy (non-hydrogen) atoms. The first-order valence-corrected chi connectivity index (χ1v) is 5.18. The minimum Gasteiger partial charge on any atom is -0.349 e. The first-order chi connectivity index (χ1) is 6.70. The van der Waals surface area contributed by atoms with Crippen LogP contribution in [0.1, 0.15) is 46.5 Å². The van der Waals surface area contributed by atoms with Crippen molar-refractivity contribution in [2.75, 3.05) is 6.61 Å². The molecule has 0 amide bonds. The van der Waals surface area contributed by atoms with E-state index in [0.29, 0.717) is 13.0 Å². The molecule has 0 bridgehead atoms. The molecule has 4 heteroatoms. The van der Waals surface area contributed by atoms with Crippen LogP contribution >= 0.6 is 0 Å². The molecule has 0 aromatic heterocycles. The van der Waals surface area contributed by atoms with E-state index in [0.717, 1.165) is 19.3 Å². The quantitative estimate of drug-likeness (QED) is 0.263. The summed E-state index contributed by atoms with van der Waals surface area (Å²) < 4.78 is 5.21. The van der Waals surface area contributed by atoms with Crippen LogP contribution in [0.15, 0.2) is 0 Å². The summed E-state index contributed by atoms with van der Waals surface area (Å²) in [5.74, 6) is -0.349. The lowest BCUT2D eigenvalue weighted by atomic mass is 10.3. The van der Waals surface area contributed by atoms with Gasteiger partial charge in [-0.05, 0) is 19.8 Å². The van der Waals surface area contributed by atoms with Gasteiger partial charge < -0.3 is 4.74 Å². The topological polar surface area (TPSA) is 44.8 Å². The van der Waals surface area contributed by atoms with Gasteiger partial charge in [-0.3, -0.25) is 4.89 Å². The van der Waals surface area contributed by atoms with Gasteiger partial charge in [0.1, 0.15) is 0 Å². The number of hydrogen-bond acceptors (Lipinski definition) is 4. The van der Waals surface area contributed by atoms with Crippen LogP contribution in [-0.2, 0) is 19.3 Å². The van der Waals surface area contributed by atoms with Crippen LogP contribution in [-0.4, -0.2) is 18.9 Å². The molecule has 0 aromatic carbocycles. The van der Waals surface area contributed by atoms with Crippen LogP contribution < -0.4 is 0 Å². The molecule has 0 radical (unpaired) electrons. The lowest BCUT2D eigenvalue weighted by Gasteiger charge is -2.11. The first-order valence-electron chi connectivity index (χ1n) is 5.18. The number of carbonyl (C=O) groups excluding carboxylic acids is 1. The fraction of sp³-hybridized carbons (Fsp3) is 0.900. The zero-order valence-corrected chi connectivity index (χ0v) is 9.25. The molecule has 0 spiro atoms. The summed E-state index contributed by atoms with van der Waals surface area (Å²) in [4.78, 5) is 20.1. The highest BCUT2D eigenvalue weighted by atomic mass is 17.2. The molecule has 0 aliphatic heterocycles. The molecule has 84 valence electrons. The lowest BCUT2D eigenvalue weighted by molar-refractivity contribution is -0.347. The van der Waals surface area contributed by atoms with Gasteiger partial charge in [0, 0.05) is 13.0 Å². The van der Waals surface area contributed by atoms with E-state index in [1.165, 1.54) is 0 Å². The van der Waals surface area contributed by atoms with Gasteiger partial charge in [0.25, 0.3) is 0 Å². The van der Waals surface area contributed by atoms with E-state index in [2.05, 4.69) is 11.8 Å². The number of ether oxygens (including phenoxy) is 1. The number of unbranched alkanes of at least 4 members (excludes halogenated alkanes) is 1. The van der Waals surface area contributed by atoms with Crippen molar-refractivity contribution in [3.8, 4) is 0 Å². The Morgan fingerprint density at radius 3 is 2.57 bits per heavy atom. The second-order valence-electron chi connectivity index (χ2n) is 3.09. The van der Waals surface area contributed by atoms with Crippen molar-refractivity contribution in [3.05, 3.63) is 0 Å². The van der Waals surface area contributed by atoms with Gasteiger partial charge in [0.05, 0.1) is 0 Å². The SMILES string of the molecule is CCCCOC(C)OOC(=O)CCC. The highest BCUT2D eigenvalue weighted by Gasteiger charge is 2.07. The standard InChI is InChI=1S/C10H20O4/c1-4-6-8-12-9(3)13-14-10(11)7-5-2/h9H,4-8H2,1-3H3. The summed E-state index contributed by atoms with van der Waals surface area (Å²) in [6, 6.07) is 0. The zero-order valence-electron chi connectivity index (χ0n) is 9.25. The summed E-state index contributed by atoms with van der Waals surface area (Å²) in [7, 11) is 0. The summed E-state index contributed by atoms with van der Waals surface area (Å²) in [5.41, 5.74) is 0. The number of rotatable bonds is 8. The molecule has 0 aromatic rings. The minimum atomic E-state index is -0.484. The molecule has 0 N–H and O–H groups in total. The maximum atomic E-state index is 10.9. The van der Waals surface area contributed by atoms with Crippen molar-refractivity contribution in [2.24, 2.45) is 0 Å². The summed E-state index contributed by atoms with van der Waals surface area (Å²) in [6.07, 6.45) is 2.70. The fourth-order valence-corrected chi connectivity index (χ4v) is 0.789. The maximum absolute atomic E-state index is 10.9. The third-order valence-corrected chi connectivity index (χ3v) is 1.58. The highest BCUT2D eigenvalue weighted by molar-refractivity contribution is 5.68. The minimum absolute atomic E-state index is 0.349. The molecule has 0 aliphatic rings. The second kappa shape index (κ2) is 8.97. The Morgan fingerprint density at radius 1 is 1.29 bits per heavy atom. The Balaban J connectivity index is 3.33. The molecular formula is C10H20O4. The highest BCUT2D eigenvalue weighted by Crippen LogP contribution is 1.99. The van der Waals surface area contributed by atoms with E-state index < -0.39 is 6.29 Å². The van der Waals surface area contributed by atoms with Gasteiger partial charge in [-0.15, -0.1) is 0 Å². The van der Waals surface area contributed by atoms with Crippen LogP contribution in [0.25, 0.3) is 0 Å². The predicted molar refractivity (Wildman–Crippen MR) is 52.4 cm³/mol. The molecule has 0 saturated heterocycles. The van der Waals surface area contributed by atoms with Crippen molar-refractivity contribution < 1.29 is 19.3 Å². The molecule has 4 nitrogen and oxygen atoms in total. The summed E-state index contributed by atoms with van der Waals surface area (Å²) >= 11 is 0. The normalized spacial score (nSPS) is 12.5. The predicted octanol–water partition coefficient (Wildman–Crippen LogP) is 2.42. The zero-order chi connectivity index (χ0) is 10.8. The Bertz CT molecular complexity index is 147. The van der Waals surface area contributed by atoms with Crippen molar-refractivity contribution in [3.63, 3.8) is 0 Å². The van der Waals surface area contributed by atoms with Crippen LogP contribution in [0.5, 0.6) is 0 Å². The third-order valence-electron chi connectivity index (χ3n) is 1.58. The van der Waals surface area contributed by atoms with Crippen LogP contribution in [0.2, 0.25) is 0 Å². The van der Waals surface area contributed by atoms with Crippen LogP contribution in [0.3, 0.4) is 0 Å². The van der Waals surface area contributed by atoms with Crippen molar-refractivity contribution in [1.29, 1.82) is 0 Å². The molecular weight excluding hydrogens is 184 g/mol. The van der Waals surface area contributed by atoms with E-state index in [-0.39, 0.29) is 5.97 Å².